The van der Waals surface area contributed by atoms with Crippen molar-refractivity contribution in [3.63, 3.8) is 0 Å². The Labute approximate surface area is 98.1 Å². The summed E-state index contributed by atoms with van der Waals surface area (Å²) >= 11 is 1.70. The van der Waals surface area contributed by atoms with Crippen molar-refractivity contribution in [1.82, 2.24) is 0 Å². The first-order valence-electron chi connectivity index (χ1n) is 5.34. The molecule has 84 valence electrons. The van der Waals surface area contributed by atoms with Crippen LogP contribution < -0.4 is 0 Å². The quantitative estimate of drug-likeness (QED) is 0.785. The molecule has 0 unspecified atom stereocenters. The van der Waals surface area contributed by atoms with Crippen LogP contribution in [0.1, 0.15) is 6.42 Å². The van der Waals surface area contributed by atoms with E-state index in [-0.39, 0.29) is 17.1 Å². The summed E-state index contributed by atoms with van der Waals surface area (Å²) in [5, 5.41) is 0.189. The second-order valence-electron chi connectivity index (χ2n) is 3.98. The number of ketones is 1. The van der Waals surface area contributed by atoms with Crippen LogP contribution in [-0.4, -0.2) is 30.0 Å². The van der Waals surface area contributed by atoms with Crippen LogP contribution in [-0.2, 0) is 14.3 Å². The van der Waals surface area contributed by atoms with E-state index < -0.39 is 6.29 Å². The zero-order valence-corrected chi connectivity index (χ0v) is 9.48. The van der Waals surface area contributed by atoms with Gasteiger partial charge in [-0.05, 0) is 12.1 Å². The minimum Gasteiger partial charge on any atom is -0.343 e. The lowest BCUT2D eigenvalue weighted by Crippen LogP contribution is -2.37. The summed E-state index contributed by atoms with van der Waals surface area (Å²) in [6.45, 7) is 0.543. The average molecular weight is 236 g/mol. The Hall–Kier alpha value is -0.840. The van der Waals surface area contributed by atoms with Gasteiger partial charge in [0.15, 0.2) is 5.78 Å². The van der Waals surface area contributed by atoms with Crippen molar-refractivity contribution in [3.8, 4) is 0 Å². The highest BCUT2D eigenvalue weighted by Crippen LogP contribution is 2.36. The highest BCUT2D eigenvalue weighted by atomic mass is 32.2. The van der Waals surface area contributed by atoms with Crippen LogP contribution in [0.5, 0.6) is 0 Å². The van der Waals surface area contributed by atoms with Gasteiger partial charge in [0.25, 0.3) is 0 Å². The smallest absolute Gasteiger partial charge is 0.218 e. The van der Waals surface area contributed by atoms with Gasteiger partial charge < -0.3 is 9.47 Å². The molecule has 0 amide bonds. The monoisotopic (exact) mass is 236 g/mol. The number of carbonyl (C=O) groups excluding carboxylic acids is 1. The number of hydrogen-bond acceptors (Lipinski definition) is 4. The SMILES string of the molecule is O=C1C[C@H](Sc2ccccc2)[C@H]2CO[C@@H]1O2. The molecule has 3 atom stereocenters. The summed E-state index contributed by atoms with van der Waals surface area (Å²) in [6, 6.07) is 10.1. The second-order valence-corrected chi connectivity index (χ2v) is 5.29. The van der Waals surface area contributed by atoms with Crippen LogP contribution in [0.4, 0.5) is 0 Å². The van der Waals surface area contributed by atoms with Crippen molar-refractivity contribution in [2.45, 2.75) is 29.0 Å². The summed E-state index contributed by atoms with van der Waals surface area (Å²) in [6.07, 6.45) is 0.0278. The van der Waals surface area contributed by atoms with E-state index in [1.54, 1.807) is 11.8 Å². The van der Waals surface area contributed by atoms with Crippen molar-refractivity contribution in [2.24, 2.45) is 0 Å². The molecular formula is C12H12O3S. The van der Waals surface area contributed by atoms with Gasteiger partial charge in [0.1, 0.15) is 0 Å². The molecule has 3 nitrogen and oxygen atoms in total. The van der Waals surface area contributed by atoms with Crippen molar-refractivity contribution in [2.75, 3.05) is 6.61 Å². The average Bonchev–Trinajstić information content (AvgIpc) is 2.73. The normalized spacial score (nSPS) is 33.0. The molecule has 2 heterocycles. The topological polar surface area (TPSA) is 35.5 Å². The Morgan fingerprint density at radius 2 is 2.06 bits per heavy atom. The van der Waals surface area contributed by atoms with E-state index >= 15 is 0 Å². The fourth-order valence-electron chi connectivity index (χ4n) is 2.00. The highest BCUT2D eigenvalue weighted by Gasteiger charge is 2.43. The third-order valence-electron chi connectivity index (χ3n) is 2.82. The van der Waals surface area contributed by atoms with Gasteiger partial charge in [-0.1, -0.05) is 18.2 Å². The number of carbonyl (C=O) groups is 1. The van der Waals surface area contributed by atoms with E-state index in [9.17, 15) is 4.79 Å². The molecule has 0 saturated carbocycles. The summed E-state index contributed by atoms with van der Waals surface area (Å²) in [7, 11) is 0. The number of Topliss-reactive ketones (excluding diaryl/α,β-unsaturated/α-hetero) is 1. The summed E-state index contributed by atoms with van der Waals surface area (Å²) in [5.41, 5.74) is 0. The van der Waals surface area contributed by atoms with Crippen LogP contribution >= 0.6 is 11.8 Å². The predicted molar refractivity (Wildman–Crippen MR) is 60.3 cm³/mol. The Balaban J connectivity index is 1.73. The lowest BCUT2D eigenvalue weighted by molar-refractivity contribution is -0.151. The van der Waals surface area contributed by atoms with Gasteiger partial charge in [-0.15, -0.1) is 11.8 Å². The highest BCUT2D eigenvalue weighted by molar-refractivity contribution is 8.00. The second kappa shape index (κ2) is 4.20. The first-order valence-corrected chi connectivity index (χ1v) is 6.22. The van der Waals surface area contributed by atoms with Gasteiger partial charge in [0, 0.05) is 16.6 Å². The van der Waals surface area contributed by atoms with E-state index in [1.165, 1.54) is 4.90 Å². The van der Waals surface area contributed by atoms with E-state index in [2.05, 4.69) is 12.1 Å². The molecule has 0 radical (unpaired) electrons. The standard InChI is InChI=1S/C12H12O3S/c13-9-6-11(10-7-14-12(9)15-10)16-8-4-2-1-3-5-8/h1-5,10-12H,6-7H2/t10-,11+,12-/m1/s1. The first kappa shape index (κ1) is 10.3. The van der Waals surface area contributed by atoms with Gasteiger partial charge in [0.05, 0.1) is 12.7 Å². The first-order chi connectivity index (χ1) is 7.83. The van der Waals surface area contributed by atoms with Gasteiger partial charge in [-0.3, -0.25) is 4.79 Å². The summed E-state index contributed by atoms with van der Waals surface area (Å²) in [5.74, 6) is 0.0715. The lowest BCUT2D eigenvalue weighted by atomic mass is 10.1. The molecule has 4 heteroatoms. The molecule has 2 aliphatic heterocycles. The lowest BCUT2D eigenvalue weighted by Gasteiger charge is -2.25. The minimum absolute atomic E-state index is 0.0629. The minimum atomic E-state index is -0.586. The third-order valence-corrected chi connectivity index (χ3v) is 4.14. The molecule has 0 N–H and O–H groups in total. The maximum atomic E-state index is 11.6. The molecule has 1 aromatic rings. The molecule has 0 aromatic heterocycles. The Morgan fingerprint density at radius 1 is 1.25 bits per heavy atom. The fraction of sp³-hybridized carbons (Fsp3) is 0.417. The number of thioether (sulfide) groups is 1. The van der Waals surface area contributed by atoms with Gasteiger partial charge in [-0.2, -0.15) is 0 Å². The molecule has 1 aromatic carbocycles. The van der Waals surface area contributed by atoms with Crippen molar-refractivity contribution < 1.29 is 14.3 Å². The molecule has 0 spiro atoms. The molecule has 2 bridgehead atoms. The van der Waals surface area contributed by atoms with Gasteiger partial charge in [0.2, 0.25) is 6.29 Å². The Bertz CT molecular complexity index is 393. The van der Waals surface area contributed by atoms with Crippen LogP contribution in [0, 0.1) is 0 Å². The Kier molecular flexibility index (Phi) is 2.71. The van der Waals surface area contributed by atoms with E-state index in [1.807, 2.05) is 18.2 Å². The number of hydrogen-bond donors (Lipinski definition) is 0. The maximum Gasteiger partial charge on any atom is 0.218 e. The van der Waals surface area contributed by atoms with Gasteiger partial charge in [-0.25, -0.2) is 0 Å². The van der Waals surface area contributed by atoms with E-state index in [4.69, 9.17) is 9.47 Å². The molecule has 3 rings (SSSR count). The molecule has 16 heavy (non-hydrogen) atoms. The summed E-state index contributed by atoms with van der Waals surface area (Å²) in [4.78, 5) is 12.8. The molecular weight excluding hydrogens is 224 g/mol. The molecule has 2 fully saturated rings. The number of ether oxygens (including phenoxy) is 2. The molecule has 2 saturated heterocycles. The number of fused-ring (bicyclic) bond motifs is 2. The third kappa shape index (κ3) is 1.88. The maximum absolute atomic E-state index is 11.6. The van der Waals surface area contributed by atoms with Crippen molar-refractivity contribution in [1.29, 1.82) is 0 Å². The van der Waals surface area contributed by atoms with Crippen LogP contribution in [0.25, 0.3) is 0 Å². The van der Waals surface area contributed by atoms with Crippen LogP contribution in [0.3, 0.4) is 0 Å². The summed E-state index contributed by atoms with van der Waals surface area (Å²) < 4.78 is 10.8. The van der Waals surface area contributed by atoms with Gasteiger partial charge >= 0.3 is 0 Å². The zero-order valence-electron chi connectivity index (χ0n) is 8.67. The van der Waals surface area contributed by atoms with Crippen molar-refractivity contribution >= 4 is 17.5 Å². The van der Waals surface area contributed by atoms with Crippen LogP contribution in [0.15, 0.2) is 35.2 Å². The fourth-order valence-corrected chi connectivity index (χ4v) is 3.21. The molecule has 2 aliphatic rings. The number of benzene rings is 1. The zero-order chi connectivity index (χ0) is 11.0. The van der Waals surface area contributed by atoms with Crippen molar-refractivity contribution in [3.05, 3.63) is 30.3 Å². The molecule has 0 aliphatic carbocycles. The van der Waals surface area contributed by atoms with Crippen LogP contribution in [0.2, 0.25) is 0 Å². The predicted octanol–water partition coefficient (Wildman–Crippen LogP) is 1.86. The van der Waals surface area contributed by atoms with E-state index in [0.29, 0.717) is 13.0 Å². The number of rotatable bonds is 2. The Morgan fingerprint density at radius 3 is 2.88 bits per heavy atom. The van der Waals surface area contributed by atoms with E-state index in [0.717, 1.165) is 0 Å². The largest absolute Gasteiger partial charge is 0.343 e.